The van der Waals surface area contributed by atoms with Crippen LogP contribution in [0.2, 0.25) is 0 Å². The van der Waals surface area contributed by atoms with Crippen LogP contribution in [-0.4, -0.2) is 53.0 Å². The van der Waals surface area contributed by atoms with Crippen molar-refractivity contribution in [2.75, 3.05) is 23.9 Å². The van der Waals surface area contributed by atoms with Crippen LogP contribution < -0.4 is 10.6 Å². The molecule has 3 amide bonds. The largest absolute Gasteiger partial charge is 0.444 e. The number of alkyl carbamates (subject to hydrolysis) is 1. The summed E-state index contributed by atoms with van der Waals surface area (Å²) in [6.07, 6.45) is 1.47. The van der Waals surface area contributed by atoms with Crippen LogP contribution in [0.25, 0.3) is 0 Å². The minimum absolute atomic E-state index is 0.306. The molecule has 9 heteroatoms. The van der Waals surface area contributed by atoms with E-state index in [-0.39, 0.29) is 6.54 Å². The molecule has 38 heavy (non-hydrogen) atoms. The molecule has 0 saturated carbocycles. The number of hydrogen-bond acceptors (Lipinski definition) is 6. The summed E-state index contributed by atoms with van der Waals surface area (Å²) in [5.41, 5.74) is 3.21. The van der Waals surface area contributed by atoms with Crippen molar-refractivity contribution in [2.24, 2.45) is 0 Å². The Balaban J connectivity index is 2.52. The lowest BCUT2D eigenvalue weighted by molar-refractivity contribution is -0.140. The maximum atomic E-state index is 13.9. The zero-order chi connectivity index (χ0) is 28.5. The Labute approximate surface area is 230 Å². The topological polar surface area (TPSA) is 112 Å². The van der Waals surface area contributed by atoms with E-state index < -0.39 is 35.6 Å². The molecule has 0 aliphatic rings. The Morgan fingerprint density at radius 1 is 1.05 bits per heavy atom. The van der Waals surface area contributed by atoms with Crippen LogP contribution in [0.1, 0.15) is 55.5 Å². The molecular weight excluding hydrogens is 500 g/mol. The third-order valence-corrected chi connectivity index (χ3v) is 6.45. The van der Waals surface area contributed by atoms with E-state index in [1.165, 1.54) is 16.7 Å². The summed E-state index contributed by atoms with van der Waals surface area (Å²) in [6, 6.07) is 12.9. The zero-order valence-corrected chi connectivity index (χ0v) is 24.1. The quantitative estimate of drug-likeness (QED) is 0.398. The number of nitrogens with zero attached hydrogens (tertiary/aromatic N) is 2. The molecule has 0 saturated heterocycles. The first-order valence-electron chi connectivity index (χ1n) is 12.5. The number of amides is 3. The van der Waals surface area contributed by atoms with Crippen molar-refractivity contribution in [3.63, 3.8) is 0 Å². The fourth-order valence-corrected chi connectivity index (χ4v) is 4.41. The summed E-state index contributed by atoms with van der Waals surface area (Å²) in [7, 11) is 0. The Kier molecular flexibility index (Phi) is 11.2. The predicted octanol–water partition coefficient (Wildman–Crippen LogP) is 5.29. The summed E-state index contributed by atoms with van der Waals surface area (Å²) in [4.78, 5) is 41.6. The van der Waals surface area contributed by atoms with Gasteiger partial charge in [-0.2, -0.15) is 17.0 Å². The van der Waals surface area contributed by atoms with Crippen molar-refractivity contribution in [3.05, 3.63) is 64.7 Å². The first kappa shape index (κ1) is 30.7. The number of anilines is 1. The summed E-state index contributed by atoms with van der Waals surface area (Å²) in [6.45, 7) is 10.6. The van der Waals surface area contributed by atoms with Gasteiger partial charge in [-0.05, 0) is 76.7 Å². The molecule has 2 N–H and O–H groups in total. The van der Waals surface area contributed by atoms with E-state index in [4.69, 9.17) is 4.74 Å². The Morgan fingerprint density at radius 3 is 2.18 bits per heavy atom. The summed E-state index contributed by atoms with van der Waals surface area (Å²) in [5.74, 6) is -0.402. The second kappa shape index (κ2) is 13.9. The minimum Gasteiger partial charge on any atom is -0.444 e. The average molecular weight is 539 g/mol. The second-order valence-corrected chi connectivity index (χ2v) is 11.2. The molecule has 2 rings (SSSR count). The molecule has 0 heterocycles. The number of benzene rings is 2. The van der Waals surface area contributed by atoms with E-state index in [0.29, 0.717) is 23.4 Å². The molecule has 0 aliphatic carbocycles. The molecule has 2 aromatic rings. The van der Waals surface area contributed by atoms with Crippen molar-refractivity contribution >= 4 is 35.4 Å². The molecule has 0 aliphatic heterocycles. The van der Waals surface area contributed by atoms with Crippen molar-refractivity contribution in [1.82, 2.24) is 10.2 Å². The highest BCUT2D eigenvalue weighted by Gasteiger charge is 2.36. The third kappa shape index (κ3) is 8.80. The van der Waals surface area contributed by atoms with Gasteiger partial charge in [0.1, 0.15) is 24.2 Å². The van der Waals surface area contributed by atoms with Gasteiger partial charge in [-0.1, -0.05) is 48.0 Å². The van der Waals surface area contributed by atoms with Gasteiger partial charge in [-0.15, -0.1) is 0 Å². The Morgan fingerprint density at radius 2 is 1.66 bits per heavy atom. The predicted molar refractivity (Wildman–Crippen MR) is 152 cm³/mol. The fourth-order valence-electron chi connectivity index (χ4n) is 3.94. The van der Waals surface area contributed by atoms with Crippen LogP contribution in [0, 0.1) is 32.1 Å². The minimum atomic E-state index is -1.10. The first-order chi connectivity index (χ1) is 17.9. The second-order valence-electron chi connectivity index (χ2n) is 10.2. The van der Waals surface area contributed by atoms with Crippen LogP contribution in [0.5, 0.6) is 0 Å². The molecular formula is C29H38N4O4S. The molecule has 0 fully saturated rings. The van der Waals surface area contributed by atoms with Crippen LogP contribution in [0.4, 0.5) is 10.5 Å². The maximum absolute atomic E-state index is 13.9. The number of carbonyl (C=O) groups is 3. The molecule has 2 aromatic carbocycles. The molecule has 0 radical (unpaired) electrons. The smallest absolute Gasteiger partial charge is 0.408 e. The highest BCUT2D eigenvalue weighted by Crippen LogP contribution is 2.27. The van der Waals surface area contributed by atoms with Gasteiger partial charge in [0.15, 0.2) is 0 Å². The highest BCUT2D eigenvalue weighted by molar-refractivity contribution is 7.98. The normalized spacial score (nSPS) is 12.6. The van der Waals surface area contributed by atoms with Gasteiger partial charge < -0.3 is 20.3 Å². The summed E-state index contributed by atoms with van der Waals surface area (Å²) < 4.78 is 5.38. The van der Waals surface area contributed by atoms with Gasteiger partial charge in [-0.3, -0.25) is 9.59 Å². The summed E-state index contributed by atoms with van der Waals surface area (Å²) in [5, 5.41) is 15.3. The number of hydrogen-bond donors (Lipinski definition) is 2. The Hall–Kier alpha value is -3.51. The van der Waals surface area contributed by atoms with Crippen LogP contribution >= 0.6 is 11.8 Å². The van der Waals surface area contributed by atoms with Crippen molar-refractivity contribution < 1.29 is 19.1 Å². The standard InChI is InChI=1S/C29H38N4O4S/c1-19-11-13-22(14-12-19)25(26(34)32-24-20(2)9-8-10-21(24)3)33(17-16-30)27(35)23(15-18-38-7)31-28(36)37-29(4,5)6/h8-14,23,25H,15,17-18H2,1-7H3,(H,31,36)(H,32,34). The van der Waals surface area contributed by atoms with Crippen LogP contribution in [0.15, 0.2) is 42.5 Å². The van der Waals surface area contributed by atoms with E-state index in [1.807, 2.05) is 63.4 Å². The number of aryl methyl sites for hydroxylation is 3. The van der Waals surface area contributed by atoms with Gasteiger partial charge in [0.2, 0.25) is 5.91 Å². The summed E-state index contributed by atoms with van der Waals surface area (Å²) >= 11 is 1.52. The first-order valence-corrected chi connectivity index (χ1v) is 13.9. The number of carbonyl (C=O) groups excluding carboxylic acids is 3. The number of para-hydroxylation sites is 1. The molecule has 204 valence electrons. The number of ether oxygens (including phenoxy) is 1. The van der Waals surface area contributed by atoms with Crippen LogP contribution in [-0.2, 0) is 14.3 Å². The SMILES string of the molecule is CSCCC(NC(=O)OC(C)(C)C)C(=O)N(CC#N)C(C(=O)Nc1c(C)cccc1C)c1ccc(C)cc1. The van der Waals surface area contributed by atoms with Crippen LogP contribution in [0.3, 0.4) is 0 Å². The third-order valence-electron chi connectivity index (χ3n) is 5.81. The van der Waals surface area contributed by atoms with E-state index in [2.05, 4.69) is 10.6 Å². The molecule has 0 aromatic heterocycles. The van der Waals surface area contributed by atoms with Crippen molar-refractivity contribution in [2.45, 2.75) is 65.6 Å². The fraction of sp³-hybridized carbons (Fsp3) is 0.448. The number of rotatable bonds is 10. The Bertz CT molecular complexity index is 1150. The highest BCUT2D eigenvalue weighted by atomic mass is 32.2. The lowest BCUT2D eigenvalue weighted by Gasteiger charge is -2.33. The van der Waals surface area contributed by atoms with Gasteiger partial charge in [0, 0.05) is 5.69 Å². The van der Waals surface area contributed by atoms with Gasteiger partial charge in [0.25, 0.3) is 5.91 Å². The lowest BCUT2D eigenvalue weighted by Crippen LogP contribution is -2.52. The number of nitriles is 1. The van der Waals surface area contributed by atoms with Gasteiger partial charge in [0.05, 0.1) is 6.07 Å². The van der Waals surface area contributed by atoms with Gasteiger partial charge >= 0.3 is 6.09 Å². The van der Waals surface area contributed by atoms with E-state index in [1.54, 1.807) is 32.9 Å². The van der Waals surface area contributed by atoms with E-state index in [0.717, 1.165) is 16.7 Å². The molecule has 2 unspecified atom stereocenters. The van der Waals surface area contributed by atoms with Crippen molar-refractivity contribution in [3.8, 4) is 6.07 Å². The monoisotopic (exact) mass is 538 g/mol. The lowest BCUT2D eigenvalue weighted by atomic mass is 10.0. The van der Waals surface area contributed by atoms with Gasteiger partial charge in [-0.25, -0.2) is 4.79 Å². The molecule has 8 nitrogen and oxygen atoms in total. The number of thioether (sulfide) groups is 1. The maximum Gasteiger partial charge on any atom is 0.408 e. The van der Waals surface area contributed by atoms with Crippen molar-refractivity contribution in [1.29, 1.82) is 5.26 Å². The van der Waals surface area contributed by atoms with E-state index in [9.17, 15) is 19.6 Å². The number of nitrogens with one attached hydrogen (secondary N) is 2. The average Bonchev–Trinajstić information content (AvgIpc) is 2.83. The van der Waals surface area contributed by atoms with E-state index >= 15 is 0 Å². The molecule has 2 atom stereocenters. The molecule has 0 spiro atoms. The zero-order valence-electron chi connectivity index (χ0n) is 23.3. The molecule has 0 bridgehead atoms.